The summed E-state index contributed by atoms with van der Waals surface area (Å²) in [6, 6.07) is 0. The molecule has 0 radical (unpaired) electrons. The lowest BCUT2D eigenvalue weighted by atomic mass is 10.2. The van der Waals surface area contributed by atoms with Crippen molar-refractivity contribution in [3.8, 4) is 0 Å². The minimum atomic E-state index is 0.225. The second-order valence-corrected chi connectivity index (χ2v) is 3.66. The highest BCUT2D eigenvalue weighted by molar-refractivity contribution is 5.75. The van der Waals surface area contributed by atoms with E-state index in [2.05, 4.69) is 12.2 Å². The van der Waals surface area contributed by atoms with Gasteiger partial charge >= 0.3 is 0 Å². The molecule has 0 atom stereocenters. The monoisotopic (exact) mass is 200 g/mol. The molecule has 1 amide bonds. The molecule has 1 fully saturated rings. The molecule has 0 bridgehead atoms. The van der Waals surface area contributed by atoms with Crippen LogP contribution in [0.4, 0.5) is 0 Å². The second kappa shape index (κ2) is 10.5. The molecule has 3 nitrogen and oxygen atoms in total. The van der Waals surface area contributed by atoms with Crippen LogP contribution in [0.5, 0.6) is 0 Å². The van der Waals surface area contributed by atoms with E-state index in [9.17, 15) is 4.79 Å². The van der Waals surface area contributed by atoms with E-state index >= 15 is 0 Å². The van der Waals surface area contributed by atoms with Crippen LogP contribution in [-0.2, 0) is 4.79 Å². The average molecular weight is 200 g/mol. The van der Waals surface area contributed by atoms with Gasteiger partial charge in [-0.15, -0.1) is 0 Å². The Morgan fingerprint density at radius 1 is 1.29 bits per heavy atom. The largest absolute Gasteiger partial charge is 0.356 e. The standard InChI is InChI=1S/C6H11NO.C5H13N/c8-6-4-2-1-3-5-7-6;1-2-3-4-5-6/h1-5H2,(H,7,8);2-6H2,1H3. The first-order chi connectivity index (χ1) is 6.81. The Labute approximate surface area is 87.4 Å². The van der Waals surface area contributed by atoms with Gasteiger partial charge in [0.05, 0.1) is 0 Å². The quantitative estimate of drug-likeness (QED) is 0.683. The Morgan fingerprint density at radius 2 is 2.07 bits per heavy atom. The molecule has 0 aromatic heterocycles. The van der Waals surface area contributed by atoms with Crippen molar-refractivity contribution in [2.75, 3.05) is 13.1 Å². The Morgan fingerprint density at radius 3 is 2.64 bits per heavy atom. The van der Waals surface area contributed by atoms with Gasteiger partial charge < -0.3 is 11.1 Å². The van der Waals surface area contributed by atoms with E-state index in [-0.39, 0.29) is 5.91 Å². The predicted molar refractivity (Wildman–Crippen MR) is 60.1 cm³/mol. The van der Waals surface area contributed by atoms with Crippen LogP contribution in [0.3, 0.4) is 0 Å². The van der Waals surface area contributed by atoms with E-state index in [4.69, 9.17) is 5.73 Å². The van der Waals surface area contributed by atoms with Gasteiger partial charge in [-0.3, -0.25) is 4.79 Å². The first-order valence-corrected chi connectivity index (χ1v) is 5.78. The number of hydrogen-bond donors (Lipinski definition) is 2. The zero-order chi connectivity index (χ0) is 10.6. The van der Waals surface area contributed by atoms with Crippen LogP contribution in [0.15, 0.2) is 0 Å². The summed E-state index contributed by atoms with van der Waals surface area (Å²) in [5.74, 6) is 0.225. The van der Waals surface area contributed by atoms with Crippen LogP contribution in [0.2, 0.25) is 0 Å². The number of carbonyl (C=O) groups excluding carboxylic acids is 1. The highest BCUT2D eigenvalue weighted by atomic mass is 16.1. The van der Waals surface area contributed by atoms with Gasteiger partial charge in [-0.05, 0) is 25.8 Å². The lowest BCUT2D eigenvalue weighted by Crippen LogP contribution is -2.21. The maximum Gasteiger partial charge on any atom is 0.219 e. The topological polar surface area (TPSA) is 55.1 Å². The van der Waals surface area contributed by atoms with Gasteiger partial charge in [-0.2, -0.15) is 0 Å². The second-order valence-electron chi connectivity index (χ2n) is 3.66. The normalized spacial score (nSPS) is 16.3. The maximum absolute atomic E-state index is 10.6. The van der Waals surface area contributed by atoms with Crippen LogP contribution >= 0.6 is 0 Å². The minimum absolute atomic E-state index is 0.225. The zero-order valence-electron chi connectivity index (χ0n) is 9.35. The average Bonchev–Trinajstić information content (AvgIpc) is 2.44. The van der Waals surface area contributed by atoms with Crippen molar-refractivity contribution in [1.29, 1.82) is 0 Å². The van der Waals surface area contributed by atoms with Crippen LogP contribution in [-0.4, -0.2) is 19.0 Å². The summed E-state index contributed by atoms with van der Waals surface area (Å²) >= 11 is 0. The first-order valence-electron chi connectivity index (χ1n) is 5.78. The molecule has 84 valence electrons. The summed E-state index contributed by atoms with van der Waals surface area (Å²) in [6.45, 7) is 3.92. The molecule has 0 spiro atoms. The van der Waals surface area contributed by atoms with E-state index in [0.717, 1.165) is 32.4 Å². The van der Waals surface area contributed by atoms with Gasteiger partial charge in [0.1, 0.15) is 0 Å². The summed E-state index contributed by atoms with van der Waals surface area (Å²) in [4.78, 5) is 10.6. The fourth-order valence-corrected chi connectivity index (χ4v) is 1.30. The molecular weight excluding hydrogens is 176 g/mol. The Bertz CT molecular complexity index is 123. The van der Waals surface area contributed by atoms with Crippen molar-refractivity contribution in [3.05, 3.63) is 0 Å². The third-order valence-corrected chi connectivity index (χ3v) is 2.21. The van der Waals surface area contributed by atoms with Crippen molar-refractivity contribution in [2.24, 2.45) is 5.73 Å². The van der Waals surface area contributed by atoms with Gasteiger partial charge in [0.15, 0.2) is 0 Å². The van der Waals surface area contributed by atoms with Crippen molar-refractivity contribution in [1.82, 2.24) is 5.32 Å². The maximum atomic E-state index is 10.6. The number of unbranched alkanes of at least 4 members (excludes halogenated alkanes) is 2. The molecule has 1 aliphatic rings. The predicted octanol–water partition coefficient (Wildman–Crippen LogP) is 1.81. The molecule has 0 saturated carbocycles. The molecule has 1 heterocycles. The summed E-state index contributed by atoms with van der Waals surface area (Å²) in [7, 11) is 0. The van der Waals surface area contributed by atoms with Crippen LogP contribution in [0, 0.1) is 0 Å². The van der Waals surface area contributed by atoms with Gasteiger partial charge in [-0.25, -0.2) is 0 Å². The summed E-state index contributed by atoms with van der Waals surface area (Å²) in [5.41, 5.74) is 5.21. The van der Waals surface area contributed by atoms with Crippen LogP contribution in [0.1, 0.15) is 51.9 Å². The highest BCUT2D eigenvalue weighted by Crippen LogP contribution is 2.02. The molecule has 0 unspecified atom stereocenters. The first kappa shape index (κ1) is 13.4. The van der Waals surface area contributed by atoms with Gasteiger partial charge in [-0.1, -0.05) is 26.2 Å². The van der Waals surface area contributed by atoms with Gasteiger partial charge in [0.2, 0.25) is 5.91 Å². The molecular formula is C11H24N2O. The minimum Gasteiger partial charge on any atom is -0.356 e. The van der Waals surface area contributed by atoms with E-state index in [1.165, 1.54) is 25.7 Å². The molecule has 1 rings (SSSR count). The van der Waals surface area contributed by atoms with E-state index in [0.29, 0.717) is 0 Å². The third-order valence-electron chi connectivity index (χ3n) is 2.21. The molecule has 0 aromatic rings. The molecule has 1 saturated heterocycles. The van der Waals surface area contributed by atoms with Crippen LogP contribution < -0.4 is 11.1 Å². The molecule has 14 heavy (non-hydrogen) atoms. The highest BCUT2D eigenvalue weighted by Gasteiger charge is 2.03. The van der Waals surface area contributed by atoms with Gasteiger partial charge in [0.25, 0.3) is 0 Å². The van der Waals surface area contributed by atoms with Crippen molar-refractivity contribution >= 4 is 5.91 Å². The molecule has 1 aliphatic heterocycles. The lowest BCUT2D eigenvalue weighted by Gasteiger charge is -1.93. The fourth-order valence-electron chi connectivity index (χ4n) is 1.30. The number of rotatable bonds is 3. The number of amides is 1. The summed E-state index contributed by atoms with van der Waals surface area (Å²) < 4.78 is 0. The molecule has 3 N–H and O–H groups in total. The lowest BCUT2D eigenvalue weighted by molar-refractivity contribution is -0.120. The summed E-state index contributed by atoms with van der Waals surface area (Å²) in [6.07, 6.45) is 7.93. The number of carbonyl (C=O) groups is 1. The number of hydrogen-bond acceptors (Lipinski definition) is 2. The number of nitrogens with one attached hydrogen (secondary N) is 1. The van der Waals surface area contributed by atoms with E-state index in [1.807, 2.05) is 0 Å². The van der Waals surface area contributed by atoms with Crippen molar-refractivity contribution < 1.29 is 4.79 Å². The molecule has 0 aliphatic carbocycles. The third kappa shape index (κ3) is 9.52. The number of nitrogens with two attached hydrogens (primary N) is 1. The van der Waals surface area contributed by atoms with E-state index < -0.39 is 0 Å². The van der Waals surface area contributed by atoms with Crippen LogP contribution in [0.25, 0.3) is 0 Å². The van der Waals surface area contributed by atoms with Gasteiger partial charge in [0, 0.05) is 13.0 Å². The molecule has 0 aromatic carbocycles. The van der Waals surface area contributed by atoms with E-state index in [1.54, 1.807) is 0 Å². The van der Waals surface area contributed by atoms with Crippen molar-refractivity contribution in [3.63, 3.8) is 0 Å². The molecule has 3 heteroatoms. The Hall–Kier alpha value is -0.570. The SMILES string of the molecule is CCCCCN.O=C1CCCCCN1. The summed E-state index contributed by atoms with van der Waals surface area (Å²) in [5, 5.41) is 2.81. The zero-order valence-corrected chi connectivity index (χ0v) is 9.35. The Balaban J connectivity index is 0.000000255. The Kier molecular flexibility index (Phi) is 10.1. The smallest absolute Gasteiger partial charge is 0.219 e. The fraction of sp³-hybridized carbons (Fsp3) is 0.909. The van der Waals surface area contributed by atoms with Crippen molar-refractivity contribution in [2.45, 2.75) is 51.9 Å².